The molecule has 0 spiro atoms. The molecule has 2 unspecified atom stereocenters. The van der Waals surface area contributed by atoms with Crippen LogP contribution in [0, 0.1) is 11.3 Å². The van der Waals surface area contributed by atoms with E-state index in [1.54, 1.807) is 13.8 Å². The van der Waals surface area contributed by atoms with Crippen LogP contribution in [0.3, 0.4) is 0 Å². The molecule has 6 heteroatoms. The van der Waals surface area contributed by atoms with Gasteiger partial charge >= 0.3 is 6.18 Å². The fraction of sp³-hybridized carbons (Fsp3) is 0.929. The van der Waals surface area contributed by atoms with Crippen LogP contribution < -0.4 is 5.32 Å². The Morgan fingerprint density at radius 1 is 1.40 bits per heavy atom. The molecular weight excluding hydrogens is 267 g/mol. The summed E-state index contributed by atoms with van der Waals surface area (Å²) in [5, 5.41) is 12.5. The lowest BCUT2D eigenvalue weighted by Gasteiger charge is -2.34. The van der Waals surface area contributed by atoms with Crippen molar-refractivity contribution in [2.24, 2.45) is 0 Å². The van der Waals surface area contributed by atoms with Gasteiger partial charge in [-0.25, -0.2) is 0 Å². The van der Waals surface area contributed by atoms with E-state index in [4.69, 9.17) is 0 Å². The van der Waals surface area contributed by atoms with Gasteiger partial charge in [0.2, 0.25) is 0 Å². The number of nitriles is 1. The molecule has 1 aliphatic carbocycles. The fourth-order valence-corrected chi connectivity index (χ4v) is 2.51. The average molecular weight is 291 g/mol. The lowest BCUT2D eigenvalue weighted by molar-refractivity contribution is -0.151. The van der Waals surface area contributed by atoms with Crippen molar-refractivity contribution in [3.63, 3.8) is 0 Å². The van der Waals surface area contributed by atoms with E-state index in [-0.39, 0.29) is 6.04 Å². The molecule has 1 N–H and O–H groups in total. The van der Waals surface area contributed by atoms with E-state index in [9.17, 15) is 18.4 Å². The molecule has 0 aliphatic heterocycles. The van der Waals surface area contributed by atoms with Crippen LogP contribution in [0.2, 0.25) is 0 Å². The van der Waals surface area contributed by atoms with Crippen LogP contribution >= 0.6 is 0 Å². The summed E-state index contributed by atoms with van der Waals surface area (Å²) in [4.78, 5) is 1.42. The van der Waals surface area contributed by atoms with E-state index < -0.39 is 18.3 Å². The van der Waals surface area contributed by atoms with Crippen LogP contribution in [-0.2, 0) is 0 Å². The third-order valence-corrected chi connectivity index (χ3v) is 3.57. The average Bonchev–Trinajstić information content (AvgIpc) is 3.10. The first-order valence-electron chi connectivity index (χ1n) is 7.19. The van der Waals surface area contributed by atoms with Gasteiger partial charge in [0.25, 0.3) is 0 Å². The number of rotatable bonds is 8. The van der Waals surface area contributed by atoms with Gasteiger partial charge < -0.3 is 0 Å². The lowest BCUT2D eigenvalue weighted by Crippen LogP contribution is -2.49. The Kier molecular flexibility index (Phi) is 5.84. The van der Waals surface area contributed by atoms with E-state index in [0.717, 1.165) is 12.8 Å². The van der Waals surface area contributed by atoms with Crippen LogP contribution in [0.5, 0.6) is 0 Å². The van der Waals surface area contributed by atoms with Crippen molar-refractivity contribution in [3.05, 3.63) is 0 Å². The second kappa shape index (κ2) is 6.77. The largest absolute Gasteiger partial charge is 0.401 e. The third kappa shape index (κ3) is 6.10. The van der Waals surface area contributed by atoms with Gasteiger partial charge in [0.05, 0.1) is 12.6 Å². The molecule has 0 heterocycles. The van der Waals surface area contributed by atoms with Crippen molar-refractivity contribution in [3.8, 4) is 6.07 Å². The van der Waals surface area contributed by atoms with Crippen LogP contribution in [-0.4, -0.2) is 41.8 Å². The maximum atomic E-state index is 12.6. The standard InChI is InChI=1S/C14H24F3N3/c1-4-7-20(10-14(15,16)17)11(2)8-13(3,9-18)19-12-5-6-12/h11-12,19H,4-8,10H2,1-3H3. The Bertz CT molecular complexity index is 347. The number of alkyl halides is 3. The number of nitrogens with one attached hydrogen (secondary N) is 1. The number of halogens is 3. The van der Waals surface area contributed by atoms with E-state index in [1.807, 2.05) is 6.92 Å². The first kappa shape index (κ1) is 17.3. The molecule has 0 amide bonds. The maximum absolute atomic E-state index is 12.6. The normalized spacial score (nSPS) is 20.5. The summed E-state index contributed by atoms with van der Waals surface area (Å²) in [5.41, 5.74) is -0.752. The van der Waals surface area contributed by atoms with Gasteiger partial charge in [-0.15, -0.1) is 0 Å². The third-order valence-electron chi connectivity index (χ3n) is 3.57. The summed E-state index contributed by atoms with van der Waals surface area (Å²) in [5.74, 6) is 0. The summed E-state index contributed by atoms with van der Waals surface area (Å²) in [6, 6.07) is 2.29. The highest BCUT2D eigenvalue weighted by Gasteiger charge is 2.37. The summed E-state index contributed by atoms with van der Waals surface area (Å²) < 4.78 is 37.8. The van der Waals surface area contributed by atoms with Gasteiger partial charge in [0.15, 0.2) is 0 Å². The molecule has 116 valence electrons. The highest BCUT2D eigenvalue weighted by molar-refractivity contribution is 5.08. The van der Waals surface area contributed by atoms with E-state index >= 15 is 0 Å². The molecule has 1 aliphatic rings. The molecule has 20 heavy (non-hydrogen) atoms. The minimum absolute atomic E-state index is 0.285. The summed E-state index contributed by atoms with van der Waals surface area (Å²) in [6.07, 6.45) is -1.04. The van der Waals surface area contributed by atoms with Crippen molar-refractivity contribution >= 4 is 0 Å². The molecule has 3 nitrogen and oxygen atoms in total. The molecule has 1 fully saturated rings. The topological polar surface area (TPSA) is 39.1 Å². The second-order valence-electron chi connectivity index (χ2n) is 6.00. The Labute approximate surface area is 119 Å². The zero-order chi connectivity index (χ0) is 15.4. The molecule has 0 aromatic heterocycles. The van der Waals surface area contributed by atoms with E-state index in [2.05, 4.69) is 11.4 Å². The van der Waals surface area contributed by atoms with Crippen LogP contribution in [0.15, 0.2) is 0 Å². The molecule has 0 radical (unpaired) electrons. The van der Waals surface area contributed by atoms with Gasteiger partial charge in [0, 0.05) is 12.1 Å². The van der Waals surface area contributed by atoms with Crippen molar-refractivity contribution in [2.75, 3.05) is 13.1 Å². The van der Waals surface area contributed by atoms with E-state index in [1.165, 1.54) is 4.90 Å². The molecule has 1 saturated carbocycles. The minimum Gasteiger partial charge on any atom is -0.297 e. The van der Waals surface area contributed by atoms with Gasteiger partial charge in [-0.05, 0) is 46.1 Å². The zero-order valence-corrected chi connectivity index (χ0v) is 12.4. The van der Waals surface area contributed by atoms with E-state index in [0.29, 0.717) is 25.4 Å². The summed E-state index contributed by atoms with van der Waals surface area (Å²) in [6.45, 7) is 4.89. The quantitative estimate of drug-likeness (QED) is 0.747. The van der Waals surface area contributed by atoms with Gasteiger partial charge in [-0.1, -0.05) is 6.92 Å². The fourth-order valence-electron chi connectivity index (χ4n) is 2.51. The SMILES string of the molecule is CCCN(CC(F)(F)F)C(C)CC(C)(C#N)NC1CC1. The summed E-state index contributed by atoms with van der Waals surface area (Å²) >= 11 is 0. The molecule has 0 aromatic carbocycles. The summed E-state index contributed by atoms with van der Waals surface area (Å²) in [7, 11) is 0. The number of hydrogen-bond donors (Lipinski definition) is 1. The van der Waals surface area contributed by atoms with Crippen LogP contribution in [0.1, 0.15) is 46.5 Å². The minimum atomic E-state index is -4.20. The predicted octanol–water partition coefficient (Wildman–Crippen LogP) is 3.07. The zero-order valence-electron chi connectivity index (χ0n) is 12.4. The van der Waals surface area contributed by atoms with Gasteiger partial charge in [-0.3, -0.25) is 10.2 Å². The second-order valence-corrected chi connectivity index (χ2v) is 6.00. The van der Waals surface area contributed by atoms with Gasteiger partial charge in [-0.2, -0.15) is 18.4 Å². The molecule has 2 atom stereocenters. The Morgan fingerprint density at radius 3 is 2.40 bits per heavy atom. The molecule has 0 bridgehead atoms. The first-order chi connectivity index (χ1) is 9.19. The van der Waals surface area contributed by atoms with Crippen molar-refractivity contribution in [1.29, 1.82) is 5.26 Å². The van der Waals surface area contributed by atoms with Crippen LogP contribution in [0.4, 0.5) is 13.2 Å². The monoisotopic (exact) mass is 291 g/mol. The number of nitrogens with zero attached hydrogens (tertiary/aromatic N) is 2. The predicted molar refractivity (Wildman–Crippen MR) is 72.2 cm³/mol. The van der Waals surface area contributed by atoms with Crippen LogP contribution in [0.25, 0.3) is 0 Å². The smallest absolute Gasteiger partial charge is 0.297 e. The molecule has 1 rings (SSSR count). The lowest BCUT2D eigenvalue weighted by atomic mass is 9.94. The van der Waals surface area contributed by atoms with Gasteiger partial charge in [0.1, 0.15) is 5.54 Å². The van der Waals surface area contributed by atoms with Crippen molar-refractivity contribution < 1.29 is 13.2 Å². The Morgan fingerprint density at radius 2 is 2.00 bits per heavy atom. The van der Waals surface area contributed by atoms with Crippen molar-refractivity contribution in [2.45, 2.75) is 70.3 Å². The highest BCUT2D eigenvalue weighted by atomic mass is 19.4. The number of hydrogen-bond acceptors (Lipinski definition) is 3. The molecule has 0 aromatic rings. The van der Waals surface area contributed by atoms with Crippen molar-refractivity contribution in [1.82, 2.24) is 10.2 Å². The Hall–Kier alpha value is -0.800. The first-order valence-corrected chi connectivity index (χ1v) is 7.19. The highest BCUT2D eigenvalue weighted by Crippen LogP contribution is 2.26. The Balaban J connectivity index is 2.63. The molecule has 0 saturated heterocycles. The maximum Gasteiger partial charge on any atom is 0.401 e. The molecular formula is C14H24F3N3.